The quantitative estimate of drug-likeness (QED) is 0.0119. The minimum Gasteiger partial charge on any atom is -0.508 e. The van der Waals surface area contributed by atoms with Crippen LogP contribution >= 0.6 is 0 Å². The van der Waals surface area contributed by atoms with Crippen LogP contribution in [0.4, 0.5) is 0 Å². The van der Waals surface area contributed by atoms with Gasteiger partial charge in [-0.05, 0) is 143 Å². The molecule has 9 amide bonds. The van der Waals surface area contributed by atoms with Crippen molar-refractivity contribution in [2.45, 2.75) is 164 Å². The number of likely N-dealkylation sites (tertiary alicyclic amines) is 1. The third kappa shape index (κ3) is 27.0. The molecule has 1 aliphatic rings. The zero-order chi connectivity index (χ0) is 72.7. The number of phenolic OH excluding ortho intramolecular Hbond substituents is 2. The van der Waals surface area contributed by atoms with Crippen LogP contribution in [0.3, 0.4) is 0 Å². The van der Waals surface area contributed by atoms with E-state index in [1.807, 2.05) is 36.4 Å². The Hall–Kier alpha value is -10.8. The molecule has 1 fully saturated rings. The number of aliphatic imine (C=N–C) groups is 3. The van der Waals surface area contributed by atoms with E-state index in [0.717, 1.165) is 10.8 Å². The Morgan fingerprint density at radius 1 is 0.475 bits per heavy atom. The number of fused-ring (bicyclic) bond motifs is 1. The van der Waals surface area contributed by atoms with Gasteiger partial charge in [0.05, 0.1) is 6.04 Å². The van der Waals surface area contributed by atoms with Gasteiger partial charge in [0, 0.05) is 45.4 Å². The van der Waals surface area contributed by atoms with Crippen molar-refractivity contribution < 1.29 is 63.3 Å². The number of benzene rings is 4. The van der Waals surface area contributed by atoms with E-state index in [0.29, 0.717) is 42.4 Å². The Labute approximate surface area is 573 Å². The average Bonchev–Trinajstić information content (AvgIpc) is 1.82. The van der Waals surface area contributed by atoms with Gasteiger partial charge in [0.1, 0.15) is 65.9 Å². The number of aromatic hydroxyl groups is 2. The lowest BCUT2D eigenvalue weighted by Crippen LogP contribution is -2.60. The van der Waals surface area contributed by atoms with Gasteiger partial charge >= 0.3 is 5.97 Å². The van der Waals surface area contributed by atoms with E-state index < -0.39 is 120 Å². The van der Waals surface area contributed by atoms with Crippen LogP contribution < -0.4 is 88.4 Å². The number of carbonyl (C=O) groups is 10. The first kappa shape index (κ1) is 78.9. The van der Waals surface area contributed by atoms with Crippen molar-refractivity contribution >= 4 is 87.8 Å². The number of nitrogens with two attached hydrogens (primary N) is 8. The number of carbonyl (C=O) groups excluding carboxylic acids is 9. The van der Waals surface area contributed by atoms with Gasteiger partial charge in [0.25, 0.3) is 0 Å². The standard InChI is InChI=1S/C66H96N20O13/c1-37(54(89)82-49(63(98)99)16-9-31-77-66(73)74)78-58(93)50(34-39-19-24-44(87)25-20-39)85-61(96)53-17-10-32-86(53)62(97)48(14-5-6-28-67)81-60(95)51(35-40-21-26-45(88)27-22-40)83-55(90)38(2)79-59(94)52(36-41-18-23-42-11-3-4-12-43(42)33-41)84-57(92)47(15-8-30-76-65(71)72)80-56(91)46(68)13-7-29-75-64(69)70/h3-4,11-12,18-27,33,37-38,46-53,87-88H,5-10,13-17,28-32,34-36,67-68H2,1-2H3,(H,78,93)(H,79,94)(H,80,91)(H,81,95)(H,82,89)(H,83,90)(H,84,92)(H,85,96)(H,98,99)(H4,69,70,75)(H4,71,72,76)(H4,73,74,77)/t37-,38-,46-,47-,48+,49-,50-,51-,52-,53-/m0/s1. The molecule has 27 N–H and O–H groups in total. The molecule has 0 spiro atoms. The molecule has 4 aromatic carbocycles. The summed E-state index contributed by atoms with van der Waals surface area (Å²) in [7, 11) is 0. The first-order valence-corrected chi connectivity index (χ1v) is 32.7. The second kappa shape index (κ2) is 40.0. The van der Waals surface area contributed by atoms with Crippen molar-refractivity contribution in [1.82, 2.24) is 47.4 Å². The fourth-order valence-corrected chi connectivity index (χ4v) is 10.8. The number of hydrogen-bond acceptors (Lipinski definition) is 17. The highest BCUT2D eigenvalue weighted by Crippen LogP contribution is 2.23. The van der Waals surface area contributed by atoms with Crippen molar-refractivity contribution in [3.8, 4) is 11.5 Å². The van der Waals surface area contributed by atoms with Crippen molar-refractivity contribution in [3.05, 3.63) is 108 Å². The lowest BCUT2D eigenvalue weighted by atomic mass is 10.00. The number of rotatable bonds is 40. The van der Waals surface area contributed by atoms with E-state index in [1.165, 1.54) is 67.3 Å². The summed E-state index contributed by atoms with van der Waals surface area (Å²) in [5, 5.41) is 53.0. The fraction of sp³-hybridized carbons (Fsp3) is 0.470. The summed E-state index contributed by atoms with van der Waals surface area (Å²) in [4.78, 5) is 154. The van der Waals surface area contributed by atoms with E-state index >= 15 is 0 Å². The third-order valence-corrected chi connectivity index (χ3v) is 16.3. The molecule has 0 radical (unpaired) electrons. The number of phenols is 2. The van der Waals surface area contributed by atoms with Crippen LogP contribution in [0.25, 0.3) is 10.8 Å². The molecule has 10 atom stereocenters. The summed E-state index contributed by atoms with van der Waals surface area (Å²) >= 11 is 0. The molecule has 5 rings (SSSR count). The summed E-state index contributed by atoms with van der Waals surface area (Å²) in [6.07, 6.45) is 1.56. The van der Waals surface area contributed by atoms with Gasteiger partial charge in [-0.25, -0.2) is 4.79 Å². The molecule has 0 aliphatic carbocycles. The molecule has 33 nitrogen and oxygen atoms in total. The van der Waals surface area contributed by atoms with Crippen LogP contribution in [0, 0.1) is 0 Å². The summed E-state index contributed by atoms with van der Waals surface area (Å²) in [5.74, 6) is -9.20. The highest BCUT2D eigenvalue weighted by molar-refractivity contribution is 5.99. The number of hydrogen-bond donors (Lipinski definition) is 19. The number of carboxylic acid groups (broad SMARTS) is 1. The zero-order valence-electron chi connectivity index (χ0n) is 55.7. The number of nitrogens with one attached hydrogen (secondary N) is 8. The smallest absolute Gasteiger partial charge is 0.326 e. The third-order valence-electron chi connectivity index (χ3n) is 16.3. The van der Waals surface area contributed by atoms with Gasteiger partial charge in [0.2, 0.25) is 53.2 Å². The Balaban J connectivity index is 1.38. The molecule has 99 heavy (non-hydrogen) atoms. The number of unbranched alkanes of at least 4 members (excludes halogenated alkanes) is 1. The van der Waals surface area contributed by atoms with Crippen LogP contribution in [0.2, 0.25) is 0 Å². The molecule has 4 aromatic rings. The van der Waals surface area contributed by atoms with Gasteiger partial charge in [-0.3, -0.25) is 58.1 Å². The summed E-state index contributed by atoms with van der Waals surface area (Å²) in [6, 6.07) is 11.3. The van der Waals surface area contributed by atoms with Crippen molar-refractivity contribution in [2.75, 3.05) is 32.7 Å². The summed E-state index contributed by atoms with van der Waals surface area (Å²) in [5.41, 5.74) is 46.4. The van der Waals surface area contributed by atoms with Gasteiger partial charge in [-0.1, -0.05) is 66.7 Å². The van der Waals surface area contributed by atoms with Gasteiger partial charge < -0.3 is 109 Å². The lowest BCUT2D eigenvalue weighted by Gasteiger charge is -2.31. The van der Waals surface area contributed by atoms with Crippen LogP contribution in [0.15, 0.2) is 106 Å². The molecule has 33 heteroatoms. The highest BCUT2D eigenvalue weighted by Gasteiger charge is 2.40. The normalized spacial score (nSPS) is 15.3. The molecule has 1 heterocycles. The highest BCUT2D eigenvalue weighted by atomic mass is 16.4. The fourth-order valence-electron chi connectivity index (χ4n) is 10.8. The Kier molecular flexibility index (Phi) is 31.9. The molecule has 0 aromatic heterocycles. The van der Waals surface area contributed by atoms with Crippen LogP contribution in [0.5, 0.6) is 11.5 Å². The predicted molar refractivity (Wildman–Crippen MR) is 371 cm³/mol. The Morgan fingerprint density at radius 3 is 1.40 bits per heavy atom. The molecule has 538 valence electrons. The Morgan fingerprint density at radius 2 is 0.889 bits per heavy atom. The maximum atomic E-state index is 14.9. The van der Waals surface area contributed by atoms with Crippen LogP contribution in [-0.4, -0.2) is 190 Å². The van der Waals surface area contributed by atoms with Crippen LogP contribution in [-0.2, 0) is 67.2 Å². The molecule has 0 saturated carbocycles. The second-order valence-electron chi connectivity index (χ2n) is 24.2. The van der Waals surface area contributed by atoms with E-state index in [2.05, 4.69) is 57.5 Å². The van der Waals surface area contributed by atoms with Crippen molar-refractivity contribution in [1.29, 1.82) is 0 Å². The van der Waals surface area contributed by atoms with E-state index in [9.17, 15) is 63.3 Å². The molecule has 1 saturated heterocycles. The average molecular weight is 1380 g/mol. The number of carboxylic acids is 1. The van der Waals surface area contributed by atoms with Gasteiger partial charge in [-0.2, -0.15) is 0 Å². The molecule has 0 unspecified atom stereocenters. The zero-order valence-corrected chi connectivity index (χ0v) is 55.7. The SMILES string of the molecule is C[C@H](NC(=O)[C@H](Cc1ccc2ccccc2c1)NC(=O)[C@H](CCCN=C(N)N)NC(=O)[C@@H](N)CCCN=C(N)N)C(=O)N[C@@H](Cc1ccc(O)cc1)C(=O)N[C@H](CCCCN)C(=O)N1CCC[C@H]1C(=O)N[C@@H](Cc1ccc(O)cc1)C(=O)N[C@@H](C)C(=O)N[C@@H](CCCN=C(N)N)C(=O)O. The Bertz CT molecular complexity index is 3490. The van der Waals surface area contributed by atoms with E-state index in [4.69, 9.17) is 45.9 Å². The summed E-state index contributed by atoms with van der Waals surface area (Å²) in [6.45, 7) is 3.32. The minimum atomic E-state index is -1.47. The van der Waals surface area contributed by atoms with Crippen molar-refractivity contribution in [3.63, 3.8) is 0 Å². The first-order valence-electron chi connectivity index (χ1n) is 32.7. The van der Waals surface area contributed by atoms with Gasteiger partial charge in [0.15, 0.2) is 17.9 Å². The minimum absolute atomic E-state index is 0.00330. The van der Waals surface area contributed by atoms with E-state index in [-0.39, 0.29) is 126 Å². The molecule has 1 aliphatic heterocycles. The maximum absolute atomic E-state index is 14.9. The second-order valence-corrected chi connectivity index (χ2v) is 24.2. The van der Waals surface area contributed by atoms with Gasteiger partial charge in [-0.15, -0.1) is 0 Å². The molecular weight excluding hydrogens is 1280 g/mol. The van der Waals surface area contributed by atoms with Crippen LogP contribution in [0.1, 0.15) is 101 Å². The number of amides is 9. The number of nitrogens with zero attached hydrogens (tertiary/aromatic N) is 4. The number of aliphatic carboxylic acids is 1. The largest absolute Gasteiger partial charge is 0.508 e. The maximum Gasteiger partial charge on any atom is 0.326 e. The molecular formula is C66H96N20O13. The summed E-state index contributed by atoms with van der Waals surface area (Å²) < 4.78 is 0. The predicted octanol–water partition coefficient (Wildman–Crippen LogP) is -3.11. The molecule has 0 bridgehead atoms. The van der Waals surface area contributed by atoms with Crippen molar-refractivity contribution in [2.24, 2.45) is 60.8 Å². The topological polar surface area (TPSA) is 576 Å². The first-order chi connectivity index (χ1) is 47.1. The number of guanidine groups is 3. The van der Waals surface area contributed by atoms with E-state index in [1.54, 1.807) is 6.07 Å². The lowest BCUT2D eigenvalue weighted by molar-refractivity contribution is -0.143. The monoisotopic (exact) mass is 1380 g/mol.